The number of ether oxygens (including phenoxy) is 1. The molecule has 4 aromatic carbocycles. The maximum atomic E-state index is 6.66. The molecule has 0 amide bonds. The molecular formula is C47H38NOSSi. The Bertz CT molecular complexity index is 2400. The zero-order valence-corrected chi connectivity index (χ0v) is 30.5. The standard InChI is InChI=1S/C47H38NOSSi/c1-51-44-25-24-39-36-15-4-6-18-41(36)49-47(39)46(44)40-23-21-33(28-45(40)51)48(32-20-22-38-37-16-5-7-19-42(37)50-43(38)27-32)31-13-8-12-30(26-31)35-17-9-11-29-10-2-3-14-34(29)35/h2,4-6,8-13,15-18,20-23,25-28,38-39,43H,3,7,14,19,24H2,1H3. The Morgan fingerprint density at radius 3 is 2.69 bits per heavy atom. The summed E-state index contributed by atoms with van der Waals surface area (Å²) >= 11 is 2.09. The van der Waals surface area contributed by atoms with Crippen molar-refractivity contribution in [2.24, 2.45) is 5.92 Å². The van der Waals surface area contributed by atoms with E-state index in [1.54, 1.807) is 4.91 Å². The number of anilines is 2. The number of fused-ring (bicyclic) bond motifs is 9. The third-order valence-corrected chi connectivity index (χ3v) is 15.9. The summed E-state index contributed by atoms with van der Waals surface area (Å²) in [6.45, 7) is 2.48. The summed E-state index contributed by atoms with van der Waals surface area (Å²) in [5, 5.41) is 3.44. The van der Waals surface area contributed by atoms with Crippen molar-refractivity contribution in [1.29, 1.82) is 0 Å². The molecule has 4 heteroatoms. The molecule has 11 rings (SSSR count). The van der Waals surface area contributed by atoms with Crippen LogP contribution in [0.1, 0.15) is 53.9 Å². The van der Waals surface area contributed by atoms with Gasteiger partial charge >= 0.3 is 0 Å². The Morgan fingerprint density at radius 1 is 0.824 bits per heavy atom. The van der Waals surface area contributed by atoms with Crippen LogP contribution in [0.3, 0.4) is 0 Å². The van der Waals surface area contributed by atoms with E-state index >= 15 is 0 Å². The number of para-hydroxylation sites is 1. The summed E-state index contributed by atoms with van der Waals surface area (Å²) in [6.07, 6.45) is 24.9. The molecule has 0 fully saturated rings. The van der Waals surface area contributed by atoms with E-state index in [9.17, 15) is 0 Å². The van der Waals surface area contributed by atoms with Crippen molar-refractivity contribution in [3.05, 3.63) is 177 Å². The number of hydrogen-bond acceptors (Lipinski definition) is 3. The normalized spacial score (nSPS) is 23.4. The second-order valence-electron chi connectivity index (χ2n) is 14.7. The van der Waals surface area contributed by atoms with Gasteiger partial charge in [0.1, 0.15) is 20.3 Å². The van der Waals surface area contributed by atoms with Gasteiger partial charge in [-0.2, -0.15) is 0 Å². The first kappa shape index (κ1) is 29.9. The number of hydrogen-bond donors (Lipinski definition) is 0. The molecule has 4 aromatic rings. The van der Waals surface area contributed by atoms with E-state index < -0.39 is 8.80 Å². The lowest BCUT2D eigenvalue weighted by molar-refractivity contribution is 0.428. The molecule has 3 aliphatic heterocycles. The van der Waals surface area contributed by atoms with Crippen LogP contribution in [0.5, 0.6) is 5.75 Å². The van der Waals surface area contributed by atoms with E-state index in [1.807, 2.05) is 0 Å². The molecular weight excluding hydrogens is 655 g/mol. The lowest BCUT2D eigenvalue weighted by Gasteiger charge is -2.31. The minimum Gasteiger partial charge on any atom is -0.460 e. The highest BCUT2D eigenvalue weighted by Gasteiger charge is 2.42. The lowest BCUT2D eigenvalue weighted by atomic mass is 9.87. The van der Waals surface area contributed by atoms with Crippen LogP contribution in [-0.2, 0) is 6.42 Å². The highest BCUT2D eigenvalue weighted by Crippen LogP contribution is 2.53. The molecule has 0 aromatic heterocycles. The van der Waals surface area contributed by atoms with Crippen molar-refractivity contribution in [2.45, 2.75) is 49.8 Å². The number of rotatable bonds is 4. The topological polar surface area (TPSA) is 12.5 Å². The van der Waals surface area contributed by atoms with E-state index in [0.717, 1.165) is 31.4 Å². The second kappa shape index (κ2) is 11.6. The largest absolute Gasteiger partial charge is 0.460 e. The predicted octanol–water partition coefficient (Wildman–Crippen LogP) is 11.3. The van der Waals surface area contributed by atoms with Crippen LogP contribution in [0.15, 0.2) is 155 Å². The Morgan fingerprint density at radius 2 is 1.71 bits per heavy atom. The minimum absolute atomic E-state index is 0.322. The average molecular weight is 693 g/mol. The van der Waals surface area contributed by atoms with Gasteiger partial charge in [0.25, 0.3) is 0 Å². The minimum atomic E-state index is -0.958. The molecule has 3 unspecified atom stereocenters. The van der Waals surface area contributed by atoms with Gasteiger partial charge < -0.3 is 9.64 Å². The van der Waals surface area contributed by atoms with E-state index in [4.69, 9.17) is 4.74 Å². The zero-order chi connectivity index (χ0) is 33.6. The Balaban J connectivity index is 1.04. The molecule has 3 atom stereocenters. The summed E-state index contributed by atoms with van der Waals surface area (Å²) in [6, 6.07) is 32.0. The lowest BCUT2D eigenvalue weighted by Crippen LogP contribution is -2.27. The van der Waals surface area contributed by atoms with E-state index in [2.05, 4.69) is 157 Å². The van der Waals surface area contributed by atoms with Crippen LogP contribution in [0.4, 0.5) is 11.4 Å². The van der Waals surface area contributed by atoms with Gasteiger partial charge in [0.05, 0.1) is 0 Å². The van der Waals surface area contributed by atoms with Gasteiger partial charge in [-0.3, -0.25) is 0 Å². The number of nitrogens with zero attached hydrogens (tertiary/aromatic N) is 1. The van der Waals surface area contributed by atoms with Gasteiger partial charge in [-0.1, -0.05) is 97.6 Å². The van der Waals surface area contributed by atoms with Gasteiger partial charge in [0.2, 0.25) is 0 Å². The molecule has 4 aliphatic carbocycles. The monoisotopic (exact) mass is 692 g/mol. The first-order chi connectivity index (χ1) is 25.2. The third-order valence-electron chi connectivity index (χ3n) is 11.9. The highest BCUT2D eigenvalue weighted by atomic mass is 32.2. The number of allylic oxidation sites excluding steroid dienone is 11. The van der Waals surface area contributed by atoms with Crippen molar-refractivity contribution < 1.29 is 4.74 Å². The SMILES string of the molecule is C[Si]1C2=CCC3C(=C2c2ccc(N(C4=CC5SC6=C(C=CCC6)C5C=C4)c4cccc(-c5cccc6c5CCC=C6)c4)cc21)Oc1ccccc13. The first-order valence-electron chi connectivity index (χ1n) is 18.5. The first-order valence-corrected chi connectivity index (χ1v) is 21.4. The second-order valence-corrected chi connectivity index (χ2v) is 18.3. The maximum Gasteiger partial charge on any atom is 0.130 e. The predicted molar refractivity (Wildman–Crippen MR) is 216 cm³/mol. The molecule has 0 saturated carbocycles. The quantitative estimate of drug-likeness (QED) is 0.198. The van der Waals surface area contributed by atoms with E-state index in [-0.39, 0.29) is 0 Å². The Kier molecular flexibility index (Phi) is 6.82. The van der Waals surface area contributed by atoms with Gasteiger partial charge in [-0.25, -0.2) is 0 Å². The van der Waals surface area contributed by atoms with Gasteiger partial charge in [-0.05, 0) is 123 Å². The molecule has 2 nitrogen and oxygen atoms in total. The fraction of sp³-hybridized carbons (Fsp3) is 0.191. The Hall–Kier alpha value is -4.77. The fourth-order valence-corrected chi connectivity index (χ4v) is 13.3. The van der Waals surface area contributed by atoms with Crippen LogP contribution in [-0.4, -0.2) is 14.0 Å². The highest BCUT2D eigenvalue weighted by molar-refractivity contribution is 8.04. The average Bonchev–Trinajstić information content (AvgIpc) is 3.84. The summed E-state index contributed by atoms with van der Waals surface area (Å²) in [7, 11) is -0.958. The third kappa shape index (κ3) is 4.62. The number of thioether (sulfide) groups is 1. The molecule has 0 bridgehead atoms. The zero-order valence-electron chi connectivity index (χ0n) is 28.7. The maximum absolute atomic E-state index is 6.66. The van der Waals surface area contributed by atoms with Crippen molar-refractivity contribution in [3.8, 4) is 16.9 Å². The van der Waals surface area contributed by atoms with Crippen molar-refractivity contribution >= 4 is 48.8 Å². The summed E-state index contributed by atoms with van der Waals surface area (Å²) in [5.41, 5.74) is 14.8. The van der Waals surface area contributed by atoms with Gasteiger partial charge in [0, 0.05) is 45.3 Å². The number of benzene rings is 4. The summed E-state index contributed by atoms with van der Waals surface area (Å²) in [5.74, 6) is 2.98. The van der Waals surface area contributed by atoms with Gasteiger partial charge in [-0.15, -0.1) is 11.8 Å². The summed E-state index contributed by atoms with van der Waals surface area (Å²) < 4.78 is 6.66. The van der Waals surface area contributed by atoms with Crippen molar-refractivity contribution in [3.63, 3.8) is 0 Å². The van der Waals surface area contributed by atoms with Crippen LogP contribution >= 0.6 is 11.8 Å². The van der Waals surface area contributed by atoms with Crippen molar-refractivity contribution in [2.75, 3.05) is 4.90 Å². The molecule has 1 radical (unpaired) electrons. The van der Waals surface area contributed by atoms with Gasteiger partial charge in [0.15, 0.2) is 0 Å². The molecule has 0 N–H and O–H groups in total. The molecule has 3 heterocycles. The van der Waals surface area contributed by atoms with Crippen LogP contribution < -0.4 is 14.8 Å². The summed E-state index contributed by atoms with van der Waals surface area (Å²) in [4.78, 5) is 4.12. The van der Waals surface area contributed by atoms with E-state index in [1.165, 1.54) is 84.2 Å². The molecule has 7 aliphatic rings. The molecule has 0 saturated heterocycles. The molecule has 51 heavy (non-hydrogen) atoms. The molecule has 0 spiro atoms. The van der Waals surface area contributed by atoms with Crippen molar-refractivity contribution in [1.82, 2.24) is 0 Å². The Labute approximate surface area is 306 Å². The van der Waals surface area contributed by atoms with Crippen LogP contribution in [0, 0.1) is 5.92 Å². The fourth-order valence-electron chi connectivity index (χ4n) is 9.52. The smallest absolute Gasteiger partial charge is 0.130 e. The van der Waals surface area contributed by atoms with E-state index in [0.29, 0.717) is 17.1 Å². The van der Waals surface area contributed by atoms with Crippen LogP contribution in [0.25, 0.3) is 22.8 Å². The van der Waals surface area contributed by atoms with Crippen LogP contribution in [0.2, 0.25) is 6.55 Å². The molecule has 247 valence electrons.